The molecule has 1 aliphatic rings. The lowest BCUT2D eigenvalue weighted by atomic mass is 9.97. The minimum atomic E-state index is -4.61. The summed E-state index contributed by atoms with van der Waals surface area (Å²) >= 11 is 0. The van der Waals surface area contributed by atoms with Crippen molar-refractivity contribution in [3.63, 3.8) is 0 Å². The summed E-state index contributed by atoms with van der Waals surface area (Å²) in [6, 6.07) is 31.9. The van der Waals surface area contributed by atoms with Crippen LogP contribution in [0.25, 0.3) is 0 Å². The third-order valence-corrected chi connectivity index (χ3v) is 9.32. The van der Waals surface area contributed by atoms with Gasteiger partial charge in [0, 0.05) is 17.9 Å². The zero-order valence-corrected chi connectivity index (χ0v) is 26.2. The summed E-state index contributed by atoms with van der Waals surface area (Å²) in [5.74, 6) is -0.00516. The molecule has 5 aromatic rings. The van der Waals surface area contributed by atoms with Crippen molar-refractivity contribution in [2.24, 2.45) is 0 Å². The van der Waals surface area contributed by atoms with Crippen LogP contribution in [0.15, 0.2) is 126 Å². The Kier molecular flexibility index (Phi) is 8.42. The standard InChI is InChI=1S/C36H30F3N3O4S/c1-24-11-15-29(16-12-24)42-34(26-9-6-10-27(21-26)36(37,38)39)41(23-25-7-4-3-5-8-25)33-20-19-31(22-32(33)35(42)43)47(44,45)40-28-13-17-30(46-2)18-14-28/h3-22,34,40H,23H2,1-2H3/t34-/m1/s1. The molecule has 7 nitrogen and oxygen atoms in total. The number of rotatable bonds is 8. The molecule has 0 radical (unpaired) electrons. The number of amides is 1. The molecule has 6 rings (SSSR count). The Balaban J connectivity index is 1.52. The van der Waals surface area contributed by atoms with Gasteiger partial charge in [-0.3, -0.25) is 14.4 Å². The highest BCUT2D eigenvalue weighted by molar-refractivity contribution is 7.92. The van der Waals surface area contributed by atoms with Crippen LogP contribution in [-0.4, -0.2) is 21.4 Å². The van der Waals surface area contributed by atoms with Crippen LogP contribution in [0, 0.1) is 6.92 Å². The van der Waals surface area contributed by atoms with E-state index in [-0.39, 0.29) is 22.6 Å². The minimum absolute atomic E-state index is 0.0855. The summed E-state index contributed by atoms with van der Waals surface area (Å²) in [5.41, 5.74) is 2.37. The molecule has 0 aliphatic carbocycles. The quantitative estimate of drug-likeness (QED) is 0.182. The van der Waals surface area contributed by atoms with Gasteiger partial charge in [-0.1, -0.05) is 60.2 Å². The van der Waals surface area contributed by atoms with Gasteiger partial charge in [0.05, 0.1) is 28.8 Å². The van der Waals surface area contributed by atoms with E-state index in [1.165, 1.54) is 36.3 Å². The van der Waals surface area contributed by atoms with Crippen LogP contribution < -0.4 is 19.3 Å². The Morgan fingerprint density at radius 1 is 0.830 bits per heavy atom. The lowest BCUT2D eigenvalue weighted by Crippen LogP contribution is -2.49. The number of hydrogen-bond donors (Lipinski definition) is 1. The van der Waals surface area contributed by atoms with E-state index in [0.29, 0.717) is 22.8 Å². The van der Waals surface area contributed by atoms with Crippen LogP contribution in [0.2, 0.25) is 0 Å². The highest BCUT2D eigenvalue weighted by atomic mass is 32.2. The normalized spacial score (nSPS) is 14.9. The molecule has 240 valence electrons. The monoisotopic (exact) mass is 657 g/mol. The molecular formula is C36H30F3N3O4S. The van der Waals surface area contributed by atoms with E-state index in [2.05, 4.69) is 4.72 Å². The first kappa shape index (κ1) is 31.7. The number of aryl methyl sites for hydroxylation is 1. The van der Waals surface area contributed by atoms with Crippen LogP contribution >= 0.6 is 0 Å². The molecule has 0 spiro atoms. The number of nitrogens with zero attached hydrogens (tertiary/aromatic N) is 2. The molecule has 0 saturated carbocycles. The lowest BCUT2D eigenvalue weighted by molar-refractivity contribution is -0.137. The zero-order chi connectivity index (χ0) is 33.3. The highest BCUT2D eigenvalue weighted by Crippen LogP contribution is 2.44. The van der Waals surface area contributed by atoms with E-state index in [9.17, 15) is 26.4 Å². The molecule has 11 heteroatoms. The molecule has 1 N–H and O–H groups in total. The molecule has 5 aromatic carbocycles. The summed E-state index contributed by atoms with van der Waals surface area (Å²) in [5, 5.41) is 0. The van der Waals surface area contributed by atoms with Crippen molar-refractivity contribution < 1.29 is 31.1 Å². The van der Waals surface area contributed by atoms with Crippen LogP contribution in [0.5, 0.6) is 5.75 Å². The molecule has 1 atom stereocenters. The number of carbonyl (C=O) groups excluding carboxylic acids is 1. The number of hydrogen-bond acceptors (Lipinski definition) is 5. The fourth-order valence-electron chi connectivity index (χ4n) is 5.61. The summed E-state index contributed by atoms with van der Waals surface area (Å²) in [7, 11) is -2.64. The number of ether oxygens (including phenoxy) is 1. The third-order valence-electron chi connectivity index (χ3n) is 7.94. The van der Waals surface area contributed by atoms with Crippen LogP contribution in [-0.2, 0) is 22.7 Å². The van der Waals surface area contributed by atoms with Crippen molar-refractivity contribution in [1.82, 2.24) is 0 Å². The summed E-state index contributed by atoms with van der Waals surface area (Å²) in [4.78, 5) is 17.6. The molecule has 1 amide bonds. The maximum atomic E-state index is 14.5. The van der Waals surface area contributed by atoms with E-state index >= 15 is 0 Å². The van der Waals surface area contributed by atoms with Crippen LogP contribution in [0.1, 0.15) is 38.8 Å². The number of halogens is 3. The second-order valence-corrected chi connectivity index (χ2v) is 12.8. The number of carbonyl (C=O) groups is 1. The first-order valence-electron chi connectivity index (χ1n) is 14.6. The van der Waals surface area contributed by atoms with Gasteiger partial charge in [0.15, 0.2) is 0 Å². The number of anilines is 3. The number of nitrogens with one attached hydrogen (secondary N) is 1. The molecule has 1 heterocycles. The Hall–Kier alpha value is -5.29. The van der Waals surface area contributed by atoms with Crippen LogP contribution in [0.3, 0.4) is 0 Å². The largest absolute Gasteiger partial charge is 0.497 e. The van der Waals surface area contributed by atoms with E-state index in [0.717, 1.165) is 23.3 Å². The van der Waals surface area contributed by atoms with Gasteiger partial charge in [0.1, 0.15) is 11.9 Å². The Morgan fingerprint density at radius 2 is 1.53 bits per heavy atom. The highest BCUT2D eigenvalue weighted by Gasteiger charge is 2.41. The second-order valence-electron chi connectivity index (χ2n) is 11.1. The van der Waals surface area contributed by atoms with Crippen molar-refractivity contribution in [3.05, 3.63) is 149 Å². The molecule has 0 bridgehead atoms. The van der Waals surface area contributed by atoms with Gasteiger partial charge in [-0.15, -0.1) is 0 Å². The predicted molar refractivity (Wildman–Crippen MR) is 175 cm³/mol. The smallest absolute Gasteiger partial charge is 0.416 e. The maximum absolute atomic E-state index is 14.5. The van der Waals surface area contributed by atoms with Crippen molar-refractivity contribution in [1.29, 1.82) is 0 Å². The first-order chi connectivity index (χ1) is 22.4. The Labute approximate surface area is 270 Å². The van der Waals surface area contributed by atoms with Gasteiger partial charge >= 0.3 is 6.18 Å². The Morgan fingerprint density at radius 3 is 2.19 bits per heavy atom. The van der Waals surface area contributed by atoms with Gasteiger partial charge in [-0.05, 0) is 84.8 Å². The zero-order valence-electron chi connectivity index (χ0n) is 25.4. The van der Waals surface area contributed by atoms with Crippen molar-refractivity contribution in [2.75, 3.05) is 21.6 Å². The summed E-state index contributed by atoms with van der Waals surface area (Å²) in [6.45, 7) is 2.09. The number of fused-ring (bicyclic) bond motifs is 1. The van der Waals surface area contributed by atoms with Crippen molar-refractivity contribution in [3.8, 4) is 5.75 Å². The summed E-state index contributed by atoms with van der Waals surface area (Å²) < 4.78 is 76.6. The molecule has 1 aliphatic heterocycles. The van der Waals surface area contributed by atoms with E-state index in [4.69, 9.17) is 4.74 Å². The van der Waals surface area contributed by atoms with Crippen molar-refractivity contribution >= 4 is 33.0 Å². The third kappa shape index (κ3) is 6.52. The topological polar surface area (TPSA) is 78.9 Å². The van der Waals surface area contributed by atoms with Gasteiger partial charge in [-0.25, -0.2) is 8.42 Å². The number of sulfonamides is 1. The number of methoxy groups -OCH3 is 1. The molecular weight excluding hydrogens is 627 g/mol. The lowest BCUT2D eigenvalue weighted by Gasteiger charge is -2.46. The number of benzene rings is 5. The van der Waals surface area contributed by atoms with Crippen molar-refractivity contribution in [2.45, 2.75) is 30.7 Å². The van der Waals surface area contributed by atoms with E-state index < -0.39 is 33.8 Å². The average Bonchev–Trinajstić information content (AvgIpc) is 3.06. The van der Waals surface area contributed by atoms with E-state index in [1.54, 1.807) is 42.5 Å². The van der Waals surface area contributed by atoms with Gasteiger partial charge < -0.3 is 9.64 Å². The van der Waals surface area contributed by atoms with Crippen LogP contribution in [0.4, 0.5) is 30.2 Å². The molecule has 0 aromatic heterocycles. The fraction of sp³-hybridized carbons (Fsp3) is 0.139. The predicted octanol–water partition coefficient (Wildman–Crippen LogP) is 8.19. The summed E-state index contributed by atoms with van der Waals surface area (Å²) in [6.07, 6.45) is -5.61. The number of alkyl halides is 3. The average molecular weight is 658 g/mol. The maximum Gasteiger partial charge on any atom is 0.416 e. The van der Waals surface area contributed by atoms with Gasteiger partial charge in [0.2, 0.25) is 0 Å². The first-order valence-corrected chi connectivity index (χ1v) is 16.1. The fourth-order valence-corrected chi connectivity index (χ4v) is 6.69. The minimum Gasteiger partial charge on any atom is -0.497 e. The molecule has 47 heavy (non-hydrogen) atoms. The molecule has 0 unspecified atom stereocenters. The van der Waals surface area contributed by atoms with Gasteiger partial charge in [-0.2, -0.15) is 13.2 Å². The second kappa shape index (κ2) is 12.5. The van der Waals surface area contributed by atoms with E-state index in [1.807, 2.05) is 54.3 Å². The van der Waals surface area contributed by atoms with Gasteiger partial charge in [0.25, 0.3) is 15.9 Å². The molecule has 0 fully saturated rings. The SMILES string of the molecule is COc1ccc(NS(=O)(=O)c2ccc3c(c2)C(=O)N(c2ccc(C)cc2)[C@H](c2cccc(C(F)(F)F)c2)N3Cc2ccccc2)cc1. The molecule has 0 saturated heterocycles. The Bertz CT molecular complexity index is 2020.